The predicted molar refractivity (Wildman–Crippen MR) is 111 cm³/mol. The number of anilines is 1. The summed E-state index contributed by atoms with van der Waals surface area (Å²) in [7, 11) is 0. The Kier molecular flexibility index (Phi) is 3.76. The number of carbonyl (C=O) groups excluding carboxylic acids is 3. The Balaban J connectivity index is 1.19. The van der Waals surface area contributed by atoms with Gasteiger partial charge in [-0.2, -0.15) is 0 Å². The van der Waals surface area contributed by atoms with Crippen LogP contribution in [0.2, 0.25) is 0 Å². The highest BCUT2D eigenvalue weighted by Gasteiger charge is 2.67. The molecule has 0 aromatic heterocycles. The van der Waals surface area contributed by atoms with E-state index in [0.717, 1.165) is 12.0 Å². The number of benzene rings is 2. The van der Waals surface area contributed by atoms with Crippen LogP contribution in [0.3, 0.4) is 0 Å². The SMILES string of the molecule is O=C(NCc1ccccc1)c1ccc(N2C(=O)[C@@H]3[C@H]4C=C[C@@H]([C@@H]5C[C@@H]45)[C@@H]3C2=O)cc1. The Hall–Kier alpha value is -3.21. The number of carbonyl (C=O) groups is 3. The zero-order valence-electron chi connectivity index (χ0n) is 16.4. The highest BCUT2D eigenvalue weighted by molar-refractivity contribution is 6.22. The molecule has 2 bridgehead atoms. The highest BCUT2D eigenvalue weighted by atomic mass is 16.2. The molecule has 2 aromatic rings. The highest BCUT2D eigenvalue weighted by Crippen LogP contribution is 2.65. The predicted octanol–water partition coefficient (Wildman–Crippen LogP) is 3.17. The second kappa shape index (κ2) is 6.39. The van der Waals surface area contributed by atoms with Gasteiger partial charge in [-0.1, -0.05) is 42.5 Å². The lowest BCUT2D eigenvalue weighted by atomic mass is 9.63. The molecule has 0 spiro atoms. The van der Waals surface area contributed by atoms with Crippen molar-refractivity contribution in [3.63, 3.8) is 0 Å². The minimum absolute atomic E-state index is 0.0732. The first-order valence-corrected chi connectivity index (χ1v) is 10.6. The molecule has 5 nitrogen and oxygen atoms in total. The Morgan fingerprint density at radius 2 is 1.47 bits per heavy atom. The molecule has 30 heavy (non-hydrogen) atoms. The van der Waals surface area contributed by atoms with Crippen molar-refractivity contribution in [1.82, 2.24) is 5.32 Å². The summed E-state index contributed by atoms with van der Waals surface area (Å²) in [5.74, 6) is 0.883. The van der Waals surface area contributed by atoms with Gasteiger partial charge in [0.2, 0.25) is 11.8 Å². The summed E-state index contributed by atoms with van der Waals surface area (Å²) in [6.07, 6.45) is 5.51. The average molecular weight is 398 g/mol. The first-order valence-electron chi connectivity index (χ1n) is 10.6. The molecule has 0 unspecified atom stereocenters. The van der Waals surface area contributed by atoms with E-state index in [-0.39, 0.29) is 41.4 Å². The topological polar surface area (TPSA) is 66.5 Å². The van der Waals surface area contributed by atoms with E-state index >= 15 is 0 Å². The first kappa shape index (κ1) is 17.6. The smallest absolute Gasteiger partial charge is 0.251 e. The minimum Gasteiger partial charge on any atom is -0.348 e. The molecule has 1 aliphatic heterocycles. The van der Waals surface area contributed by atoms with Crippen LogP contribution in [-0.4, -0.2) is 17.7 Å². The lowest BCUT2D eigenvalue weighted by Gasteiger charge is -2.37. The van der Waals surface area contributed by atoms with Crippen LogP contribution in [0.1, 0.15) is 22.3 Å². The van der Waals surface area contributed by atoms with Crippen molar-refractivity contribution < 1.29 is 14.4 Å². The molecule has 4 aliphatic carbocycles. The average Bonchev–Trinajstić information content (AvgIpc) is 3.56. The third-order valence-corrected chi connectivity index (χ3v) is 7.35. The molecule has 7 rings (SSSR count). The summed E-state index contributed by atoms with van der Waals surface area (Å²) in [4.78, 5) is 40.2. The van der Waals surface area contributed by atoms with Crippen LogP contribution < -0.4 is 10.2 Å². The lowest BCUT2D eigenvalue weighted by Crippen LogP contribution is -2.40. The quantitative estimate of drug-likeness (QED) is 0.635. The maximum atomic E-state index is 13.2. The van der Waals surface area contributed by atoms with E-state index in [1.54, 1.807) is 24.3 Å². The molecular formula is C25H22N2O3. The molecule has 1 saturated heterocycles. The summed E-state index contributed by atoms with van der Waals surface area (Å²) in [6, 6.07) is 16.5. The lowest BCUT2D eigenvalue weighted by molar-refractivity contribution is -0.124. The standard InChI is InChI=1S/C25H22N2O3/c28-23(26-13-14-4-2-1-3-5-14)15-6-8-16(9-7-15)27-24(29)21-17-10-11-18(20-12-19(17)20)22(21)25(27)30/h1-11,17-22H,12-13H2,(H,26,28)/t17-,18-,19-,20-,21-,22+/m0/s1. The summed E-state index contributed by atoms with van der Waals surface area (Å²) < 4.78 is 0. The number of nitrogens with one attached hydrogen (secondary N) is 1. The van der Waals surface area contributed by atoms with E-state index in [1.165, 1.54) is 4.90 Å². The van der Waals surface area contributed by atoms with Crippen molar-refractivity contribution in [1.29, 1.82) is 0 Å². The number of allylic oxidation sites excluding steroid dienone is 2. The second-order valence-electron chi connectivity index (χ2n) is 8.88. The van der Waals surface area contributed by atoms with Crippen LogP contribution >= 0.6 is 0 Å². The molecule has 5 heteroatoms. The molecule has 1 N–H and O–H groups in total. The van der Waals surface area contributed by atoms with E-state index in [4.69, 9.17) is 0 Å². The van der Waals surface area contributed by atoms with E-state index in [1.807, 2.05) is 30.3 Å². The van der Waals surface area contributed by atoms with Gasteiger partial charge in [-0.05, 0) is 59.9 Å². The van der Waals surface area contributed by atoms with Crippen LogP contribution in [0.5, 0.6) is 0 Å². The molecule has 2 saturated carbocycles. The number of imide groups is 1. The Bertz CT molecular complexity index is 1040. The fraction of sp³-hybridized carbons (Fsp3) is 0.320. The molecule has 2 aromatic carbocycles. The van der Waals surface area contributed by atoms with Crippen molar-refractivity contribution in [3.8, 4) is 0 Å². The van der Waals surface area contributed by atoms with Gasteiger partial charge in [-0.3, -0.25) is 19.3 Å². The summed E-state index contributed by atoms with van der Waals surface area (Å²) in [5.41, 5.74) is 2.10. The largest absolute Gasteiger partial charge is 0.348 e. The van der Waals surface area contributed by atoms with Gasteiger partial charge in [-0.15, -0.1) is 0 Å². The van der Waals surface area contributed by atoms with Gasteiger partial charge < -0.3 is 5.32 Å². The number of hydrogen-bond donors (Lipinski definition) is 1. The van der Waals surface area contributed by atoms with Crippen LogP contribution in [0, 0.1) is 35.5 Å². The van der Waals surface area contributed by atoms with Crippen molar-refractivity contribution in [2.45, 2.75) is 13.0 Å². The summed E-state index contributed by atoms with van der Waals surface area (Å²) in [6.45, 7) is 0.450. The molecule has 3 amide bonds. The zero-order chi connectivity index (χ0) is 20.4. The van der Waals surface area contributed by atoms with Crippen LogP contribution in [-0.2, 0) is 16.1 Å². The number of hydrogen-bond acceptors (Lipinski definition) is 3. The van der Waals surface area contributed by atoms with Gasteiger partial charge in [0.25, 0.3) is 5.91 Å². The monoisotopic (exact) mass is 398 g/mol. The molecule has 6 atom stereocenters. The van der Waals surface area contributed by atoms with Gasteiger partial charge in [0.1, 0.15) is 0 Å². The van der Waals surface area contributed by atoms with Gasteiger partial charge in [0.05, 0.1) is 17.5 Å². The minimum atomic E-state index is -0.204. The zero-order valence-corrected chi connectivity index (χ0v) is 16.4. The van der Waals surface area contributed by atoms with Crippen LogP contribution in [0.15, 0.2) is 66.7 Å². The molecule has 3 fully saturated rings. The van der Waals surface area contributed by atoms with E-state index < -0.39 is 0 Å². The fourth-order valence-corrected chi connectivity index (χ4v) is 5.85. The summed E-state index contributed by atoms with van der Waals surface area (Å²) in [5, 5.41) is 2.90. The van der Waals surface area contributed by atoms with Crippen LogP contribution in [0.25, 0.3) is 0 Å². The summed E-state index contributed by atoms with van der Waals surface area (Å²) >= 11 is 0. The third kappa shape index (κ3) is 2.51. The molecule has 1 heterocycles. The Morgan fingerprint density at radius 1 is 0.867 bits per heavy atom. The number of nitrogens with zero attached hydrogens (tertiary/aromatic N) is 1. The van der Waals surface area contributed by atoms with Gasteiger partial charge in [0.15, 0.2) is 0 Å². The van der Waals surface area contributed by atoms with E-state index in [2.05, 4.69) is 17.5 Å². The van der Waals surface area contributed by atoms with Crippen molar-refractivity contribution in [2.75, 3.05) is 4.90 Å². The number of rotatable bonds is 4. The molecule has 150 valence electrons. The van der Waals surface area contributed by atoms with Crippen molar-refractivity contribution in [2.24, 2.45) is 35.5 Å². The molecular weight excluding hydrogens is 376 g/mol. The Morgan fingerprint density at radius 3 is 2.07 bits per heavy atom. The van der Waals surface area contributed by atoms with Crippen LogP contribution in [0.4, 0.5) is 5.69 Å². The normalized spacial score (nSPS) is 32.7. The first-order chi connectivity index (χ1) is 14.6. The number of amides is 3. The second-order valence-corrected chi connectivity index (χ2v) is 8.88. The molecule has 0 radical (unpaired) electrons. The van der Waals surface area contributed by atoms with Crippen molar-refractivity contribution in [3.05, 3.63) is 77.9 Å². The maximum absolute atomic E-state index is 13.2. The van der Waals surface area contributed by atoms with Gasteiger partial charge in [0, 0.05) is 12.1 Å². The van der Waals surface area contributed by atoms with Gasteiger partial charge in [-0.25, -0.2) is 0 Å². The van der Waals surface area contributed by atoms with E-state index in [0.29, 0.717) is 29.6 Å². The maximum Gasteiger partial charge on any atom is 0.251 e. The van der Waals surface area contributed by atoms with Crippen molar-refractivity contribution >= 4 is 23.4 Å². The Labute approximate surface area is 174 Å². The van der Waals surface area contributed by atoms with Gasteiger partial charge >= 0.3 is 0 Å². The van der Waals surface area contributed by atoms with E-state index in [9.17, 15) is 14.4 Å². The third-order valence-electron chi connectivity index (χ3n) is 7.35. The molecule has 5 aliphatic rings. The fourth-order valence-electron chi connectivity index (χ4n) is 5.85.